The van der Waals surface area contributed by atoms with Crippen LogP contribution in [-0.2, 0) is 22.6 Å². The summed E-state index contributed by atoms with van der Waals surface area (Å²) in [6.45, 7) is 7.41. The van der Waals surface area contributed by atoms with Gasteiger partial charge in [-0.25, -0.2) is 0 Å². The first-order valence-corrected chi connectivity index (χ1v) is 12.1. The summed E-state index contributed by atoms with van der Waals surface area (Å²) < 4.78 is 11.0. The summed E-state index contributed by atoms with van der Waals surface area (Å²) in [7, 11) is 1.65. The number of fused-ring (bicyclic) bond motifs is 1. The number of nitrogens with zero attached hydrogens (tertiary/aromatic N) is 2. The van der Waals surface area contributed by atoms with E-state index in [4.69, 9.17) is 9.47 Å². The first-order valence-electron chi connectivity index (χ1n) is 12.1. The average Bonchev–Trinajstić information content (AvgIpc) is 3.20. The monoisotopic (exact) mass is 468 g/mol. The Kier molecular flexibility index (Phi) is 7.41. The molecule has 1 aliphatic heterocycles. The molecule has 35 heavy (non-hydrogen) atoms. The number of ether oxygens (including phenoxy) is 2. The highest BCUT2D eigenvalue weighted by atomic mass is 16.5. The maximum Gasteiger partial charge on any atom is 0.310 e. The summed E-state index contributed by atoms with van der Waals surface area (Å²) in [4.78, 5) is 14.8. The minimum atomic E-state index is -0.299. The Balaban J connectivity index is 1.48. The molecule has 0 saturated heterocycles. The molecule has 0 N–H and O–H groups in total. The van der Waals surface area contributed by atoms with Crippen molar-refractivity contribution in [3.8, 4) is 11.8 Å². The lowest BCUT2D eigenvalue weighted by atomic mass is 9.90. The Morgan fingerprint density at radius 2 is 1.83 bits per heavy atom. The third kappa shape index (κ3) is 5.17. The zero-order chi connectivity index (χ0) is 24.9. The summed E-state index contributed by atoms with van der Waals surface area (Å²) in [6, 6.07) is 24.4. The highest BCUT2D eigenvalue weighted by Gasteiger charge is 2.39. The van der Waals surface area contributed by atoms with Crippen molar-refractivity contribution in [2.24, 2.45) is 0 Å². The van der Waals surface area contributed by atoms with Crippen LogP contribution >= 0.6 is 0 Å². The fourth-order valence-electron chi connectivity index (χ4n) is 4.81. The van der Waals surface area contributed by atoms with Gasteiger partial charge in [-0.2, -0.15) is 5.26 Å². The van der Waals surface area contributed by atoms with Gasteiger partial charge in [0.1, 0.15) is 12.4 Å². The number of rotatable bonds is 8. The van der Waals surface area contributed by atoms with E-state index in [9.17, 15) is 10.1 Å². The van der Waals surface area contributed by atoms with E-state index in [2.05, 4.69) is 43.9 Å². The molecule has 5 heteroatoms. The van der Waals surface area contributed by atoms with Crippen LogP contribution in [0.1, 0.15) is 66.5 Å². The Morgan fingerprint density at radius 1 is 1.06 bits per heavy atom. The fourth-order valence-corrected chi connectivity index (χ4v) is 4.81. The highest BCUT2D eigenvalue weighted by molar-refractivity contribution is 5.73. The van der Waals surface area contributed by atoms with Crippen molar-refractivity contribution in [2.45, 2.75) is 51.7 Å². The molecule has 2 unspecified atom stereocenters. The number of esters is 1. The van der Waals surface area contributed by atoms with Crippen LogP contribution < -0.4 is 9.64 Å². The zero-order valence-corrected chi connectivity index (χ0v) is 20.8. The average molecular weight is 469 g/mol. The van der Waals surface area contributed by atoms with E-state index >= 15 is 0 Å². The van der Waals surface area contributed by atoms with Gasteiger partial charge in [0.15, 0.2) is 0 Å². The molecular formula is C30H32N2O3. The fraction of sp³-hybridized carbons (Fsp3) is 0.333. The second-order valence-electron chi connectivity index (χ2n) is 9.24. The van der Waals surface area contributed by atoms with E-state index in [0.29, 0.717) is 5.92 Å². The Labute approximate surface area is 207 Å². The van der Waals surface area contributed by atoms with Crippen LogP contribution in [0.25, 0.3) is 0 Å². The second kappa shape index (κ2) is 10.7. The second-order valence-corrected chi connectivity index (χ2v) is 9.24. The molecule has 0 saturated carbocycles. The van der Waals surface area contributed by atoms with Crippen molar-refractivity contribution in [3.05, 3.63) is 94.5 Å². The first-order chi connectivity index (χ1) is 16.9. The van der Waals surface area contributed by atoms with E-state index in [1.807, 2.05) is 54.6 Å². The number of carbonyl (C=O) groups is 1. The van der Waals surface area contributed by atoms with Gasteiger partial charge >= 0.3 is 5.97 Å². The smallest absolute Gasteiger partial charge is 0.310 e. The summed E-state index contributed by atoms with van der Waals surface area (Å²) in [5.41, 5.74) is 6.17. The molecule has 3 aromatic rings. The molecule has 1 heterocycles. The van der Waals surface area contributed by atoms with Crippen LogP contribution in [0.5, 0.6) is 5.75 Å². The lowest BCUT2D eigenvalue weighted by Gasteiger charge is -2.28. The number of benzene rings is 3. The van der Waals surface area contributed by atoms with Crippen LogP contribution in [0, 0.1) is 11.3 Å². The third-order valence-electron chi connectivity index (χ3n) is 6.70. The summed E-state index contributed by atoms with van der Waals surface area (Å²) >= 11 is 0. The summed E-state index contributed by atoms with van der Waals surface area (Å²) in [6.07, 6.45) is 0.189. The normalized spacial score (nSPS) is 16.6. The SMILES string of the molecule is CCN1c2cc(OC)ccc2C(C#N)C1c1cccc(CC(=O)OCc2ccc(C(C)C)cc2)c1. The van der Waals surface area contributed by atoms with Gasteiger partial charge in [0.05, 0.1) is 31.6 Å². The van der Waals surface area contributed by atoms with Crippen molar-refractivity contribution in [2.75, 3.05) is 18.6 Å². The molecule has 0 amide bonds. The summed E-state index contributed by atoms with van der Waals surface area (Å²) in [5.74, 6) is 0.679. The quantitative estimate of drug-likeness (QED) is 0.363. The maximum absolute atomic E-state index is 12.6. The number of likely N-dealkylation sites (N-methyl/N-ethyl adjacent to an activating group) is 1. The third-order valence-corrected chi connectivity index (χ3v) is 6.70. The van der Waals surface area contributed by atoms with Crippen molar-refractivity contribution in [3.63, 3.8) is 0 Å². The number of hydrogen-bond acceptors (Lipinski definition) is 5. The molecular weight excluding hydrogens is 436 g/mol. The number of anilines is 1. The maximum atomic E-state index is 12.6. The molecule has 1 aliphatic rings. The number of nitriles is 1. The molecule has 0 bridgehead atoms. The van der Waals surface area contributed by atoms with Crippen LogP contribution in [-0.4, -0.2) is 19.6 Å². The molecule has 3 aromatic carbocycles. The van der Waals surface area contributed by atoms with Crippen molar-refractivity contribution < 1.29 is 14.3 Å². The van der Waals surface area contributed by atoms with Gasteiger partial charge < -0.3 is 14.4 Å². The standard InChI is InChI=1S/C30H32N2O3/c1-5-32-28-17-25(34-4)13-14-26(28)27(18-31)30(32)24-8-6-7-22(15-24)16-29(33)35-19-21-9-11-23(12-10-21)20(2)3/h6-15,17,20,27,30H,5,16,19H2,1-4H3. The zero-order valence-electron chi connectivity index (χ0n) is 20.8. The molecule has 5 nitrogen and oxygen atoms in total. The Morgan fingerprint density at radius 3 is 2.49 bits per heavy atom. The largest absolute Gasteiger partial charge is 0.497 e. The first kappa shape index (κ1) is 24.3. The van der Waals surface area contributed by atoms with Gasteiger partial charge in [-0.3, -0.25) is 4.79 Å². The predicted molar refractivity (Wildman–Crippen MR) is 138 cm³/mol. The van der Waals surface area contributed by atoms with Gasteiger partial charge in [-0.15, -0.1) is 0 Å². The van der Waals surface area contributed by atoms with Crippen molar-refractivity contribution >= 4 is 11.7 Å². The molecule has 0 aliphatic carbocycles. The van der Waals surface area contributed by atoms with E-state index < -0.39 is 0 Å². The van der Waals surface area contributed by atoms with Crippen LogP contribution in [0.4, 0.5) is 5.69 Å². The van der Waals surface area contributed by atoms with E-state index in [1.165, 1.54) is 5.56 Å². The van der Waals surface area contributed by atoms with Crippen molar-refractivity contribution in [1.29, 1.82) is 5.26 Å². The highest BCUT2D eigenvalue weighted by Crippen LogP contribution is 2.49. The Bertz CT molecular complexity index is 1230. The molecule has 2 atom stereocenters. The molecule has 0 aromatic heterocycles. The van der Waals surface area contributed by atoms with Gasteiger partial charge in [0.25, 0.3) is 0 Å². The minimum Gasteiger partial charge on any atom is -0.497 e. The number of carbonyl (C=O) groups excluding carboxylic acids is 1. The van der Waals surface area contributed by atoms with Gasteiger partial charge in [-0.1, -0.05) is 68.4 Å². The minimum absolute atomic E-state index is 0.123. The lowest BCUT2D eigenvalue weighted by molar-refractivity contribution is -0.144. The van der Waals surface area contributed by atoms with Gasteiger partial charge in [-0.05, 0) is 46.7 Å². The van der Waals surface area contributed by atoms with Gasteiger partial charge in [0, 0.05) is 18.3 Å². The van der Waals surface area contributed by atoms with E-state index in [0.717, 1.165) is 40.2 Å². The molecule has 0 radical (unpaired) electrons. The number of hydrogen-bond donors (Lipinski definition) is 0. The van der Waals surface area contributed by atoms with E-state index in [1.54, 1.807) is 7.11 Å². The lowest BCUT2D eigenvalue weighted by Crippen LogP contribution is -2.26. The molecule has 4 rings (SSSR count). The summed E-state index contributed by atoms with van der Waals surface area (Å²) in [5, 5.41) is 10.0. The van der Waals surface area contributed by atoms with E-state index in [-0.39, 0.29) is 31.0 Å². The van der Waals surface area contributed by atoms with Crippen LogP contribution in [0.15, 0.2) is 66.7 Å². The van der Waals surface area contributed by atoms with Crippen LogP contribution in [0.2, 0.25) is 0 Å². The predicted octanol–water partition coefficient (Wildman–Crippen LogP) is 6.29. The topological polar surface area (TPSA) is 62.6 Å². The van der Waals surface area contributed by atoms with Gasteiger partial charge in [0.2, 0.25) is 0 Å². The molecule has 0 fully saturated rings. The van der Waals surface area contributed by atoms with Crippen LogP contribution in [0.3, 0.4) is 0 Å². The molecule has 180 valence electrons. The number of methoxy groups -OCH3 is 1. The van der Waals surface area contributed by atoms with Crippen molar-refractivity contribution in [1.82, 2.24) is 0 Å². The molecule has 0 spiro atoms. The Hall–Kier alpha value is -3.78.